The zero-order valence-corrected chi connectivity index (χ0v) is 22.6. The Morgan fingerprint density at radius 2 is 1.95 bits per heavy atom. The first kappa shape index (κ1) is 26.0. The number of allylic oxidation sites excluding steroid dienone is 1. The number of fused-ring (bicyclic) bond motifs is 2. The maximum Gasteiger partial charge on any atom is 0.210 e. The van der Waals surface area contributed by atoms with Gasteiger partial charge < -0.3 is 33.9 Å². The first-order valence-corrected chi connectivity index (χ1v) is 13.9. The van der Waals surface area contributed by atoms with E-state index >= 15 is 0 Å². The number of aliphatic hydroxyl groups excluding tert-OH is 2. The molecule has 3 heterocycles. The van der Waals surface area contributed by atoms with Gasteiger partial charge in [0.25, 0.3) is 0 Å². The molecule has 7 aliphatic rings. The molecule has 5 fully saturated rings. The van der Waals surface area contributed by atoms with Gasteiger partial charge in [-0.15, -0.1) is 0 Å². The fourth-order valence-corrected chi connectivity index (χ4v) is 9.85. The second kappa shape index (κ2) is 8.60. The molecule has 0 unspecified atom stereocenters. The molecular formula is C29H42O8. The number of carbonyl (C=O) groups excluding carboxylic acids is 1. The highest BCUT2D eigenvalue weighted by Gasteiger charge is 2.88. The number of ether oxygens (including phenoxy) is 5. The first-order valence-electron chi connectivity index (χ1n) is 13.9. The second-order valence-electron chi connectivity index (χ2n) is 12.7. The lowest BCUT2D eigenvalue weighted by atomic mass is 9.36. The van der Waals surface area contributed by atoms with Crippen LogP contribution in [0.25, 0.3) is 0 Å². The normalized spacial score (nSPS) is 47.4. The Labute approximate surface area is 219 Å². The summed E-state index contributed by atoms with van der Waals surface area (Å²) in [6.45, 7) is 9.61. The van der Waals surface area contributed by atoms with Crippen molar-refractivity contribution in [3.8, 4) is 0 Å². The van der Waals surface area contributed by atoms with Crippen LogP contribution in [0, 0.1) is 34.0 Å². The van der Waals surface area contributed by atoms with E-state index < -0.39 is 35.1 Å². The van der Waals surface area contributed by atoms with Crippen LogP contribution in [0.2, 0.25) is 0 Å². The summed E-state index contributed by atoms with van der Waals surface area (Å²) in [5.74, 6) is -1.28. The molecule has 0 amide bonds. The molecule has 7 rings (SSSR count). The number of aliphatic hydroxyl groups is 2. The Balaban J connectivity index is 1.51. The van der Waals surface area contributed by atoms with Crippen LogP contribution < -0.4 is 0 Å². The van der Waals surface area contributed by atoms with Gasteiger partial charge in [0, 0.05) is 39.1 Å². The summed E-state index contributed by atoms with van der Waals surface area (Å²) in [4.78, 5) is 14.3. The number of hydrogen-bond donors (Lipinski definition) is 2. The molecule has 3 saturated carbocycles. The molecule has 4 aliphatic carbocycles. The highest BCUT2D eigenvalue weighted by atomic mass is 16.7. The molecule has 4 bridgehead atoms. The van der Waals surface area contributed by atoms with Crippen molar-refractivity contribution < 1.29 is 38.7 Å². The van der Waals surface area contributed by atoms with Gasteiger partial charge >= 0.3 is 0 Å². The molecule has 3 aliphatic heterocycles. The van der Waals surface area contributed by atoms with E-state index in [1.54, 1.807) is 14.2 Å². The summed E-state index contributed by atoms with van der Waals surface area (Å²) >= 11 is 0. The maximum absolute atomic E-state index is 14.3. The maximum atomic E-state index is 14.3. The predicted molar refractivity (Wildman–Crippen MR) is 133 cm³/mol. The third-order valence-electron chi connectivity index (χ3n) is 10.8. The lowest BCUT2D eigenvalue weighted by Gasteiger charge is -2.74. The highest BCUT2D eigenvalue weighted by Crippen LogP contribution is 2.78. The van der Waals surface area contributed by atoms with E-state index in [4.69, 9.17) is 28.8 Å². The monoisotopic (exact) mass is 518 g/mol. The largest absolute Gasteiger partial charge is 0.469 e. The van der Waals surface area contributed by atoms with Crippen LogP contribution >= 0.6 is 0 Å². The van der Waals surface area contributed by atoms with Gasteiger partial charge in [0.15, 0.2) is 12.1 Å². The number of Topliss-reactive ketones (excluding diaryl/α,β-unsaturated/α-hetero) is 1. The average molecular weight is 519 g/mol. The minimum absolute atomic E-state index is 0.0941. The molecule has 37 heavy (non-hydrogen) atoms. The molecule has 0 aromatic carbocycles. The van der Waals surface area contributed by atoms with Gasteiger partial charge in [0.2, 0.25) is 5.79 Å². The molecule has 9 atom stereocenters. The van der Waals surface area contributed by atoms with Crippen LogP contribution in [0.5, 0.6) is 0 Å². The Morgan fingerprint density at radius 3 is 2.65 bits per heavy atom. The van der Waals surface area contributed by atoms with Gasteiger partial charge in [-0.3, -0.25) is 4.79 Å². The van der Waals surface area contributed by atoms with Crippen molar-refractivity contribution in [2.45, 2.75) is 83.1 Å². The molecule has 8 heteroatoms. The van der Waals surface area contributed by atoms with Crippen molar-refractivity contribution in [1.29, 1.82) is 0 Å². The van der Waals surface area contributed by atoms with Crippen LogP contribution in [0.3, 0.4) is 0 Å². The summed E-state index contributed by atoms with van der Waals surface area (Å²) in [5, 5.41) is 21.4. The molecule has 0 aromatic rings. The van der Waals surface area contributed by atoms with Gasteiger partial charge in [0.1, 0.15) is 17.3 Å². The van der Waals surface area contributed by atoms with E-state index in [2.05, 4.69) is 20.4 Å². The van der Waals surface area contributed by atoms with E-state index in [9.17, 15) is 9.90 Å². The zero-order chi connectivity index (χ0) is 26.4. The van der Waals surface area contributed by atoms with Crippen LogP contribution in [0.4, 0.5) is 0 Å². The van der Waals surface area contributed by atoms with Crippen LogP contribution in [0.15, 0.2) is 23.5 Å². The Kier molecular flexibility index (Phi) is 6.04. The smallest absolute Gasteiger partial charge is 0.210 e. The zero-order valence-electron chi connectivity index (χ0n) is 22.6. The van der Waals surface area contributed by atoms with Gasteiger partial charge in [0.05, 0.1) is 24.7 Å². The fraction of sp³-hybridized carbons (Fsp3) is 0.828. The molecule has 2 saturated heterocycles. The van der Waals surface area contributed by atoms with Crippen LogP contribution in [-0.4, -0.2) is 74.3 Å². The molecule has 0 radical (unpaired) electrons. The van der Waals surface area contributed by atoms with Gasteiger partial charge in [-0.25, -0.2) is 0 Å². The number of unbranched alkanes of at least 4 members (excludes halogenated alkanes) is 1. The number of rotatable bonds is 7. The molecule has 206 valence electrons. The van der Waals surface area contributed by atoms with E-state index in [1.807, 2.05) is 0 Å². The lowest BCUT2D eigenvalue weighted by molar-refractivity contribution is -0.450. The molecule has 8 nitrogen and oxygen atoms in total. The Hall–Kier alpha value is -1.29. The molecule has 0 aromatic heterocycles. The average Bonchev–Trinajstić information content (AvgIpc) is 3.01. The first-order chi connectivity index (χ1) is 17.7. The number of carbonyl (C=O) groups is 1. The Bertz CT molecular complexity index is 1020. The van der Waals surface area contributed by atoms with Crippen molar-refractivity contribution in [2.24, 2.45) is 34.0 Å². The van der Waals surface area contributed by atoms with Crippen LogP contribution in [0.1, 0.15) is 58.8 Å². The van der Waals surface area contributed by atoms with Crippen molar-refractivity contribution in [3.63, 3.8) is 0 Å². The predicted octanol–water partition coefficient (Wildman–Crippen LogP) is 3.11. The van der Waals surface area contributed by atoms with Crippen molar-refractivity contribution >= 4 is 5.78 Å². The summed E-state index contributed by atoms with van der Waals surface area (Å²) in [6.07, 6.45) is 3.51. The number of ketones is 1. The topological polar surface area (TPSA) is 104 Å². The van der Waals surface area contributed by atoms with Gasteiger partial charge in [-0.1, -0.05) is 20.4 Å². The van der Waals surface area contributed by atoms with Crippen molar-refractivity contribution in [1.82, 2.24) is 0 Å². The van der Waals surface area contributed by atoms with Crippen LogP contribution in [-0.2, 0) is 28.5 Å². The Morgan fingerprint density at radius 1 is 1.16 bits per heavy atom. The van der Waals surface area contributed by atoms with E-state index in [0.29, 0.717) is 25.2 Å². The molecule has 2 spiro atoms. The summed E-state index contributed by atoms with van der Waals surface area (Å²) in [5.41, 5.74) is -0.361. The van der Waals surface area contributed by atoms with E-state index in [0.717, 1.165) is 44.3 Å². The standard InChI is InChI=1S/C29H42O8/c1-16-18-9-10-19-27-15-36-29(34-5,28(19,22(16)31)25(18)33-4)23(32)21(27)26(2,3)14-17-8-11-20(37-24(17)27)35-13-7-6-12-30/h18-21,23,25,30,32H,1,6-15H2,2-5H3/t18-,19-,20-,21+,23-,25+,27-,28-,29-/m0/s1. The SMILES string of the molecule is C=C1C(=O)[C@]23[C@H](OC)[C@H]1CC[C@H]2[C@@]12CO[C@@]3(OC)[C@@H](O)[C@@H]1C(C)(C)CC1=C2O[C@H](OCCCCO)CC1. The summed E-state index contributed by atoms with van der Waals surface area (Å²) in [7, 11) is 3.19. The number of hydrogen-bond acceptors (Lipinski definition) is 8. The quantitative estimate of drug-likeness (QED) is 0.392. The van der Waals surface area contributed by atoms with E-state index in [1.165, 1.54) is 5.57 Å². The lowest BCUT2D eigenvalue weighted by Crippen LogP contribution is -2.84. The third kappa shape index (κ3) is 2.92. The highest BCUT2D eigenvalue weighted by molar-refractivity contribution is 6.05. The minimum atomic E-state index is -1.51. The second-order valence-corrected chi connectivity index (χ2v) is 12.7. The van der Waals surface area contributed by atoms with Gasteiger partial charge in [-0.2, -0.15) is 0 Å². The van der Waals surface area contributed by atoms with Crippen molar-refractivity contribution in [3.05, 3.63) is 23.5 Å². The third-order valence-corrected chi connectivity index (χ3v) is 10.8. The molecular weight excluding hydrogens is 476 g/mol. The van der Waals surface area contributed by atoms with Crippen molar-refractivity contribution in [2.75, 3.05) is 34.0 Å². The fourth-order valence-electron chi connectivity index (χ4n) is 9.85. The number of methoxy groups -OCH3 is 2. The summed E-state index contributed by atoms with van der Waals surface area (Å²) < 4.78 is 31.8. The summed E-state index contributed by atoms with van der Waals surface area (Å²) in [6, 6.07) is 0. The minimum Gasteiger partial charge on any atom is -0.469 e. The van der Waals surface area contributed by atoms with E-state index in [-0.39, 0.29) is 35.6 Å². The molecule has 2 N–H and O–H groups in total. The van der Waals surface area contributed by atoms with Gasteiger partial charge in [-0.05, 0) is 61.0 Å².